The maximum absolute atomic E-state index is 12.7. The molecule has 25 heavy (non-hydrogen) atoms. The van der Waals surface area contributed by atoms with Gasteiger partial charge in [-0.3, -0.25) is 15.0 Å². The smallest absolute Gasteiger partial charge is 0.297 e. The summed E-state index contributed by atoms with van der Waals surface area (Å²) in [7, 11) is 0. The molecule has 0 unspecified atom stereocenters. The lowest BCUT2D eigenvalue weighted by Gasteiger charge is -2.19. The fraction of sp³-hybridized carbons (Fsp3) is 0.0556. The van der Waals surface area contributed by atoms with E-state index in [0.717, 1.165) is 23.0 Å². The van der Waals surface area contributed by atoms with Crippen molar-refractivity contribution in [1.29, 1.82) is 0 Å². The molecule has 6 nitrogen and oxygen atoms in total. The molecule has 7 heteroatoms. The van der Waals surface area contributed by atoms with Gasteiger partial charge in [-0.1, -0.05) is 60.3 Å². The molecule has 2 aromatic carbocycles. The number of thioether (sulfide) groups is 1. The number of hydrogen-bond acceptors (Lipinski definition) is 5. The summed E-state index contributed by atoms with van der Waals surface area (Å²) in [5.74, 6) is -0.725. The van der Waals surface area contributed by atoms with Gasteiger partial charge in [-0.2, -0.15) is 5.01 Å². The van der Waals surface area contributed by atoms with E-state index in [0.29, 0.717) is 10.9 Å². The molecule has 0 spiro atoms. The molecule has 0 saturated heterocycles. The van der Waals surface area contributed by atoms with Crippen molar-refractivity contribution in [2.75, 3.05) is 11.2 Å². The molecule has 2 amide bonds. The Morgan fingerprint density at radius 1 is 1.12 bits per heavy atom. The minimum absolute atomic E-state index is 0.0394. The summed E-state index contributed by atoms with van der Waals surface area (Å²) in [6.07, 6.45) is 1.71. The van der Waals surface area contributed by atoms with Gasteiger partial charge >= 0.3 is 0 Å². The molecule has 0 fully saturated rings. The van der Waals surface area contributed by atoms with E-state index >= 15 is 0 Å². The number of amidine groups is 1. The number of hydrazine groups is 1. The van der Waals surface area contributed by atoms with Crippen molar-refractivity contribution in [3.63, 3.8) is 0 Å². The van der Waals surface area contributed by atoms with Crippen LogP contribution < -0.4 is 11.2 Å². The molecular formula is C18H16N4O2S. The molecule has 1 heterocycles. The Kier molecular flexibility index (Phi) is 5.15. The first-order valence-electron chi connectivity index (χ1n) is 7.56. The second kappa shape index (κ2) is 7.67. The van der Waals surface area contributed by atoms with Gasteiger partial charge in [0.2, 0.25) is 5.91 Å². The van der Waals surface area contributed by atoms with Crippen molar-refractivity contribution in [2.45, 2.75) is 0 Å². The van der Waals surface area contributed by atoms with Crippen LogP contribution in [0.2, 0.25) is 0 Å². The zero-order chi connectivity index (χ0) is 17.6. The normalized spacial score (nSPS) is 15.4. The van der Waals surface area contributed by atoms with Crippen LogP contribution in [0.5, 0.6) is 0 Å². The number of para-hydroxylation sites is 1. The van der Waals surface area contributed by atoms with E-state index in [1.165, 1.54) is 5.01 Å². The SMILES string of the molecule is NC(=O)CSC1=N/C(=C\c2ccccc2)C(=O)N1Nc1ccccc1. The predicted octanol–water partition coefficient (Wildman–Crippen LogP) is 2.47. The van der Waals surface area contributed by atoms with E-state index in [4.69, 9.17) is 5.73 Å². The second-order valence-corrected chi connectivity index (χ2v) is 6.15. The van der Waals surface area contributed by atoms with E-state index in [2.05, 4.69) is 10.4 Å². The molecule has 0 atom stereocenters. The highest BCUT2D eigenvalue weighted by Crippen LogP contribution is 2.24. The van der Waals surface area contributed by atoms with Crippen molar-refractivity contribution in [2.24, 2.45) is 10.7 Å². The van der Waals surface area contributed by atoms with Crippen molar-refractivity contribution in [3.8, 4) is 0 Å². The Morgan fingerprint density at radius 2 is 1.76 bits per heavy atom. The molecular weight excluding hydrogens is 336 g/mol. The summed E-state index contributed by atoms with van der Waals surface area (Å²) in [4.78, 5) is 28.2. The Bertz CT molecular complexity index is 835. The van der Waals surface area contributed by atoms with Gasteiger partial charge in [0.25, 0.3) is 5.91 Å². The Balaban J connectivity index is 1.87. The number of hydrogen-bond donors (Lipinski definition) is 2. The van der Waals surface area contributed by atoms with E-state index in [1.54, 1.807) is 6.08 Å². The number of benzene rings is 2. The summed E-state index contributed by atoms with van der Waals surface area (Å²) < 4.78 is 0. The lowest BCUT2D eigenvalue weighted by atomic mass is 10.2. The number of anilines is 1. The minimum atomic E-state index is -0.472. The average molecular weight is 352 g/mol. The van der Waals surface area contributed by atoms with Crippen LogP contribution in [-0.4, -0.2) is 27.7 Å². The third-order valence-electron chi connectivity index (χ3n) is 3.29. The summed E-state index contributed by atoms with van der Waals surface area (Å²) in [5.41, 5.74) is 10.1. The molecule has 0 bridgehead atoms. The quantitative estimate of drug-likeness (QED) is 0.809. The molecule has 0 aliphatic carbocycles. The Labute approximate surface area is 149 Å². The molecule has 1 aliphatic rings. The van der Waals surface area contributed by atoms with Gasteiger partial charge in [0.05, 0.1) is 11.4 Å². The first-order chi connectivity index (χ1) is 12.1. The molecule has 2 aromatic rings. The standard InChI is InChI=1S/C18H16N4O2S/c19-16(23)12-25-18-20-15(11-13-7-3-1-4-8-13)17(24)22(18)21-14-9-5-2-6-10-14/h1-11,21H,12H2,(H2,19,23)/b15-11-. The van der Waals surface area contributed by atoms with Gasteiger partial charge in [-0.15, -0.1) is 0 Å². The fourth-order valence-corrected chi connectivity index (χ4v) is 2.87. The highest BCUT2D eigenvalue weighted by molar-refractivity contribution is 8.14. The summed E-state index contributed by atoms with van der Waals surface area (Å²) in [6.45, 7) is 0. The molecule has 0 aromatic heterocycles. The largest absolute Gasteiger partial charge is 0.369 e. The summed E-state index contributed by atoms with van der Waals surface area (Å²) in [5, 5.41) is 1.72. The predicted molar refractivity (Wildman–Crippen MR) is 100 cm³/mol. The number of carbonyl (C=O) groups excluding carboxylic acids is 2. The zero-order valence-corrected chi connectivity index (χ0v) is 14.1. The van der Waals surface area contributed by atoms with Crippen molar-refractivity contribution in [3.05, 3.63) is 71.9 Å². The third kappa shape index (κ3) is 4.27. The average Bonchev–Trinajstić information content (AvgIpc) is 2.91. The highest BCUT2D eigenvalue weighted by Gasteiger charge is 2.31. The summed E-state index contributed by atoms with van der Waals surface area (Å²) >= 11 is 1.11. The molecule has 1 aliphatic heterocycles. The zero-order valence-electron chi connectivity index (χ0n) is 13.3. The maximum Gasteiger partial charge on any atom is 0.297 e. The molecule has 126 valence electrons. The molecule has 0 saturated carbocycles. The topological polar surface area (TPSA) is 87.8 Å². The number of nitrogens with one attached hydrogen (secondary N) is 1. The van der Waals surface area contributed by atoms with Gasteiger partial charge in [0.1, 0.15) is 5.70 Å². The van der Waals surface area contributed by atoms with Gasteiger partial charge in [0.15, 0.2) is 5.17 Å². The number of primary amides is 1. The number of nitrogens with two attached hydrogens (primary N) is 1. The monoisotopic (exact) mass is 352 g/mol. The molecule has 0 radical (unpaired) electrons. The third-order valence-corrected chi connectivity index (χ3v) is 4.25. The van der Waals surface area contributed by atoms with Gasteiger partial charge in [-0.25, -0.2) is 4.99 Å². The van der Waals surface area contributed by atoms with Crippen LogP contribution in [0, 0.1) is 0 Å². The molecule has 3 N–H and O–H groups in total. The second-order valence-electron chi connectivity index (χ2n) is 5.21. The van der Waals surface area contributed by atoms with Crippen molar-refractivity contribution < 1.29 is 9.59 Å². The van der Waals surface area contributed by atoms with Crippen LogP contribution in [0.3, 0.4) is 0 Å². The number of aliphatic imine (C=N–C) groups is 1. The van der Waals surface area contributed by atoms with Crippen molar-refractivity contribution in [1.82, 2.24) is 5.01 Å². The van der Waals surface area contributed by atoms with Crippen LogP contribution in [0.25, 0.3) is 6.08 Å². The first kappa shape index (κ1) is 16.8. The van der Waals surface area contributed by atoms with Gasteiger partial charge in [0, 0.05) is 0 Å². The van der Waals surface area contributed by atoms with Crippen LogP contribution in [0.15, 0.2) is 71.4 Å². The number of carbonyl (C=O) groups is 2. The van der Waals surface area contributed by atoms with E-state index < -0.39 is 5.91 Å². The van der Waals surface area contributed by atoms with Crippen molar-refractivity contribution >= 4 is 40.5 Å². The van der Waals surface area contributed by atoms with Gasteiger partial charge < -0.3 is 5.73 Å². The number of rotatable bonds is 5. The molecule has 3 rings (SSSR count). The van der Waals surface area contributed by atoms with E-state index in [1.807, 2.05) is 60.7 Å². The van der Waals surface area contributed by atoms with E-state index in [-0.39, 0.29) is 11.7 Å². The lowest BCUT2D eigenvalue weighted by molar-refractivity contribution is -0.121. The van der Waals surface area contributed by atoms with Crippen LogP contribution in [-0.2, 0) is 9.59 Å². The fourth-order valence-electron chi connectivity index (χ4n) is 2.18. The Hall–Kier alpha value is -3.06. The Morgan fingerprint density at radius 3 is 2.40 bits per heavy atom. The highest BCUT2D eigenvalue weighted by atomic mass is 32.2. The van der Waals surface area contributed by atoms with Crippen LogP contribution in [0.1, 0.15) is 5.56 Å². The van der Waals surface area contributed by atoms with Gasteiger partial charge in [-0.05, 0) is 23.8 Å². The first-order valence-corrected chi connectivity index (χ1v) is 8.55. The maximum atomic E-state index is 12.7. The minimum Gasteiger partial charge on any atom is -0.369 e. The van der Waals surface area contributed by atoms with E-state index in [9.17, 15) is 9.59 Å². The number of nitrogens with zero attached hydrogens (tertiary/aromatic N) is 2. The number of amides is 2. The lowest BCUT2D eigenvalue weighted by Crippen LogP contribution is -2.36. The van der Waals surface area contributed by atoms with Crippen LogP contribution in [0.4, 0.5) is 5.69 Å². The summed E-state index contributed by atoms with van der Waals surface area (Å²) in [6, 6.07) is 18.7. The van der Waals surface area contributed by atoms with Crippen LogP contribution >= 0.6 is 11.8 Å².